The molecule has 3 rings (SSSR count). The third kappa shape index (κ3) is 4.51. The molecule has 146 valence electrons. The number of halogens is 1. The molecular weight excluding hydrogens is 379 g/mol. The Morgan fingerprint density at radius 3 is 2.61 bits per heavy atom. The molecule has 8 heteroatoms. The molecular formula is C20H21FN4O2S. The summed E-state index contributed by atoms with van der Waals surface area (Å²) >= 11 is 1.28. The quantitative estimate of drug-likeness (QED) is 0.616. The minimum absolute atomic E-state index is 0.115. The summed E-state index contributed by atoms with van der Waals surface area (Å²) in [5.41, 5.74) is 1.35. The fraction of sp³-hybridized carbons (Fsp3) is 0.250. The fourth-order valence-corrected chi connectivity index (χ4v) is 3.42. The second-order valence-electron chi connectivity index (χ2n) is 6.17. The number of hydrogen-bond donors (Lipinski definition) is 1. The van der Waals surface area contributed by atoms with Gasteiger partial charge in [-0.2, -0.15) is 0 Å². The van der Waals surface area contributed by atoms with Gasteiger partial charge in [0.2, 0.25) is 5.91 Å². The molecule has 0 saturated heterocycles. The molecule has 0 bridgehead atoms. The van der Waals surface area contributed by atoms with E-state index in [2.05, 4.69) is 15.5 Å². The van der Waals surface area contributed by atoms with Crippen LogP contribution in [0.3, 0.4) is 0 Å². The van der Waals surface area contributed by atoms with Gasteiger partial charge in [-0.3, -0.25) is 4.79 Å². The van der Waals surface area contributed by atoms with Gasteiger partial charge in [-0.25, -0.2) is 4.39 Å². The van der Waals surface area contributed by atoms with Crippen LogP contribution in [0.4, 0.5) is 4.39 Å². The topological polar surface area (TPSA) is 69.0 Å². The molecule has 1 atom stereocenters. The molecule has 0 radical (unpaired) electrons. The number of ether oxygens (including phenoxy) is 1. The number of nitrogens with zero attached hydrogens (tertiary/aromatic N) is 3. The van der Waals surface area contributed by atoms with Crippen LogP contribution in [0, 0.1) is 5.82 Å². The molecule has 1 N–H and O–H groups in total. The monoisotopic (exact) mass is 400 g/mol. The maximum atomic E-state index is 14.0. The molecule has 0 saturated carbocycles. The first-order valence-corrected chi connectivity index (χ1v) is 9.59. The van der Waals surface area contributed by atoms with E-state index in [1.165, 1.54) is 17.8 Å². The van der Waals surface area contributed by atoms with E-state index in [1.54, 1.807) is 43.8 Å². The third-order valence-electron chi connectivity index (χ3n) is 4.23. The van der Waals surface area contributed by atoms with Crippen molar-refractivity contribution in [3.05, 3.63) is 59.9 Å². The zero-order chi connectivity index (χ0) is 20.1. The Labute approximate surface area is 167 Å². The molecule has 1 heterocycles. The number of carbonyl (C=O) groups is 1. The number of methoxy groups -OCH3 is 1. The second-order valence-corrected chi connectivity index (χ2v) is 7.48. The molecule has 1 aromatic heterocycles. The number of rotatable bonds is 7. The summed E-state index contributed by atoms with van der Waals surface area (Å²) < 4.78 is 20.8. The Bertz CT molecular complexity index is 959. The average molecular weight is 400 g/mol. The molecule has 3 aromatic rings. The summed E-state index contributed by atoms with van der Waals surface area (Å²) in [4.78, 5) is 12.4. The van der Waals surface area contributed by atoms with Gasteiger partial charge in [0.25, 0.3) is 0 Å². The van der Waals surface area contributed by atoms with E-state index in [0.29, 0.717) is 23.1 Å². The summed E-state index contributed by atoms with van der Waals surface area (Å²) in [7, 11) is 3.37. The van der Waals surface area contributed by atoms with E-state index in [9.17, 15) is 9.18 Å². The van der Waals surface area contributed by atoms with Crippen molar-refractivity contribution >= 4 is 17.7 Å². The Kier molecular flexibility index (Phi) is 6.30. The van der Waals surface area contributed by atoms with Crippen LogP contribution in [0.15, 0.2) is 53.7 Å². The van der Waals surface area contributed by atoms with Crippen LogP contribution in [0.5, 0.6) is 5.75 Å². The lowest BCUT2D eigenvalue weighted by atomic mass is 10.2. The molecule has 0 aliphatic rings. The van der Waals surface area contributed by atoms with E-state index < -0.39 is 0 Å². The molecule has 0 spiro atoms. The first-order valence-electron chi connectivity index (χ1n) is 8.71. The first kappa shape index (κ1) is 19.9. The molecule has 2 aromatic carbocycles. The summed E-state index contributed by atoms with van der Waals surface area (Å²) in [5, 5.41) is 11.3. The molecule has 0 fully saturated rings. The van der Waals surface area contributed by atoms with Gasteiger partial charge in [0.05, 0.1) is 17.9 Å². The zero-order valence-electron chi connectivity index (χ0n) is 15.8. The van der Waals surface area contributed by atoms with Gasteiger partial charge >= 0.3 is 0 Å². The van der Waals surface area contributed by atoms with Gasteiger partial charge in [0, 0.05) is 13.6 Å². The van der Waals surface area contributed by atoms with E-state index in [4.69, 9.17) is 4.74 Å². The second kappa shape index (κ2) is 8.88. The van der Waals surface area contributed by atoms with Crippen molar-refractivity contribution in [2.24, 2.45) is 7.05 Å². The molecule has 0 aliphatic heterocycles. The van der Waals surface area contributed by atoms with Crippen LogP contribution in [0.2, 0.25) is 0 Å². The van der Waals surface area contributed by atoms with Crippen molar-refractivity contribution in [3.63, 3.8) is 0 Å². The zero-order valence-corrected chi connectivity index (χ0v) is 16.7. The van der Waals surface area contributed by atoms with Gasteiger partial charge in [0.15, 0.2) is 11.0 Å². The fourth-order valence-electron chi connectivity index (χ4n) is 2.58. The highest BCUT2D eigenvalue weighted by Gasteiger charge is 2.20. The van der Waals surface area contributed by atoms with Gasteiger partial charge in [-0.1, -0.05) is 36.0 Å². The summed E-state index contributed by atoms with van der Waals surface area (Å²) in [5.74, 6) is 0.717. The van der Waals surface area contributed by atoms with Crippen LogP contribution in [-0.2, 0) is 18.4 Å². The summed E-state index contributed by atoms with van der Waals surface area (Å²) in [6.07, 6.45) is 0. The lowest BCUT2D eigenvalue weighted by Crippen LogP contribution is -2.30. The van der Waals surface area contributed by atoms with Crippen LogP contribution in [0.25, 0.3) is 11.4 Å². The molecule has 6 nitrogen and oxygen atoms in total. The van der Waals surface area contributed by atoms with E-state index in [0.717, 1.165) is 11.3 Å². The third-order valence-corrected chi connectivity index (χ3v) is 5.36. The predicted molar refractivity (Wildman–Crippen MR) is 107 cm³/mol. The largest absolute Gasteiger partial charge is 0.497 e. The predicted octanol–water partition coefficient (Wildman–Crippen LogP) is 3.43. The van der Waals surface area contributed by atoms with Crippen LogP contribution < -0.4 is 10.1 Å². The van der Waals surface area contributed by atoms with Gasteiger partial charge < -0.3 is 14.6 Å². The molecule has 0 aliphatic carbocycles. The standard InChI is InChI=1S/C20H21FN4O2S/c1-13(19(26)22-12-14-8-10-15(27-3)11-9-14)28-20-24-23-18(25(20)2)16-6-4-5-7-17(16)21/h4-11,13H,12H2,1-3H3,(H,22,26)/t13-/m1/s1. The van der Waals surface area contributed by atoms with Gasteiger partial charge in [-0.15, -0.1) is 10.2 Å². The average Bonchev–Trinajstić information content (AvgIpc) is 3.07. The number of carbonyl (C=O) groups excluding carboxylic acids is 1. The highest BCUT2D eigenvalue weighted by molar-refractivity contribution is 8.00. The molecule has 28 heavy (non-hydrogen) atoms. The van der Waals surface area contributed by atoms with Crippen LogP contribution >= 0.6 is 11.8 Å². The number of hydrogen-bond acceptors (Lipinski definition) is 5. The van der Waals surface area contributed by atoms with Gasteiger partial charge in [-0.05, 0) is 36.8 Å². The Balaban J connectivity index is 1.62. The Morgan fingerprint density at radius 1 is 1.21 bits per heavy atom. The van der Waals surface area contributed by atoms with Crippen molar-refractivity contribution < 1.29 is 13.9 Å². The maximum absolute atomic E-state index is 14.0. The lowest BCUT2D eigenvalue weighted by molar-refractivity contribution is -0.120. The first-order chi connectivity index (χ1) is 13.5. The minimum atomic E-state index is -0.380. The van der Waals surface area contributed by atoms with Crippen LogP contribution in [-0.4, -0.2) is 33.0 Å². The van der Waals surface area contributed by atoms with E-state index >= 15 is 0 Å². The lowest BCUT2D eigenvalue weighted by Gasteiger charge is -2.12. The van der Waals surface area contributed by atoms with E-state index in [1.807, 2.05) is 24.3 Å². The SMILES string of the molecule is COc1ccc(CNC(=O)[C@@H](C)Sc2nnc(-c3ccccc3F)n2C)cc1. The normalized spacial score (nSPS) is 11.9. The number of nitrogens with one attached hydrogen (secondary N) is 1. The van der Waals surface area contributed by atoms with E-state index in [-0.39, 0.29) is 17.0 Å². The summed E-state index contributed by atoms with van der Waals surface area (Å²) in [6, 6.07) is 13.9. The van der Waals surface area contributed by atoms with Crippen molar-refractivity contribution in [1.82, 2.24) is 20.1 Å². The minimum Gasteiger partial charge on any atom is -0.497 e. The molecule has 0 unspecified atom stereocenters. The highest BCUT2D eigenvalue weighted by Crippen LogP contribution is 2.27. The Morgan fingerprint density at radius 2 is 1.93 bits per heavy atom. The highest BCUT2D eigenvalue weighted by atomic mass is 32.2. The smallest absolute Gasteiger partial charge is 0.233 e. The number of benzene rings is 2. The van der Waals surface area contributed by atoms with Crippen LogP contribution in [0.1, 0.15) is 12.5 Å². The summed E-state index contributed by atoms with van der Waals surface area (Å²) in [6.45, 7) is 2.22. The number of thioether (sulfide) groups is 1. The maximum Gasteiger partial charge on any atom is 0.233 e. The number of amides is 1. The Hall–Kier alpha value is -2.87. The van der Waals surface area contributed by atoms with Crippen molar-refractivity contribution in [2.75, 3.05) is 7.11 Å². The van der Waals surface area contributed by atoms with Crippen molar-refractivity contribution in [2.45, 2.75) is 23.9 Å². The van der Waals surface area contributed by atoms with Gasteiger partial charge in [0.1, 0.15) is 11.6 Å². The van der Waals surface area contributed by atoms with Crippen molar-refractivity contribution in [3.8, 4) is 17.1 Å². The number of aromatic nitrogens is 3. The molecule has 1 amide bonds. The van der Waals surface area contributed by atoms with Crippen molar-refractivity contribution in [1.29, 1.82) is 0 Å².